The highest BCUT2D eigenvalue weighted by molar-refractivity contribution is 14.1. The Kier molecular flexibility index (Phi) is 3.39. The second kappa shape index (κ2) is 4.36. The molecule has 76 valence electrons. The maximum absolute atomic E-state index is 10.4. The summed E-state index contributed by atoms with van der Waals surface area (Å²) < 4.78 is 4.78. The number of carbonyl (C=O) groups is 1. The van der Waals surface area contributed by atoms with Gasteiger partial charge in [-0.2, -0.15) is 0 Å². The molecule has 0 bridgehead atoms. The monoisotopic (exact) mass is 310 g/mol. The van der Waals surface area contributed by atoms with Crippen LogP contribution in [0.1, 0.15) is 5.56 Å². The van der Waals surface area contributed by atoms with Crippen molar-refractivity contribution < 1.29 is 23.2 Å². The van der Waals surface area contributed by atoms with Crippen LogP contribution in [0.25, 0.3) is 0 Å². The van der Waals surface area contributed by atoms with Gasteiger partial charge in [-0.3, -0.25) is 4.79 Å². The average molecular weight is 310 g/mol. The number of carboxylic acids is 1. The first kappa shape index (κ1) is 10.9. The van der Waals surface area contributed by atoms with Gasteiger partial charge in [0.15, 0.2) is 34.5 Å². The second-order valence-electron chi connectivity index (χ2n) is 2.60. The van der Waals surface area contributed by atoms with Crippen LogP contribution in [0.4, 0.5) is 0 Å². The molecule has 0 aliphatic rings. The molecule has 1 aromatic rings. The Hall–Kier alpha value is -1.18. The van der Waals surface area contributed by atoms with Gasteiger partial charge in [0.1, 0.15) is 5.75 Å². The second-order valence-corrected chi connectivity index (χ2v) is 3.04. The van der Waals surface area contributed by atoms with E-state index in [0.29, 0.717) is 0 Å². The van der Waals surface area contributed by atoms with Crippen molar-refractivity contribution in [2.24, 2.45) is 0 Å². The van der Waals surface area contributed by atoms with E-state index in [-0.39, 0.29) is 29.2 Å². The molecule has 14 heavy (non-hydrogen) atoms. The van der Waals surface area contributed by atoms with Crippen LogP contribution in [0.15, 0.2) is 12.1 Å². The largest absolute Gasteiger partial charge is 0.508 e. The van der Waals surface area contributed by atoms with Gasteiger partial charge in [0.05, 0.1) is 6.42 Å². The Bertz CT molecular complexity index is 363. The van der Waals surface area contributed by atoms with Crippen LogP contribution in [0.3, 0.4) is 0 Å². The van der Waals surface area contributed by atoms with Crippen molar-refractivity contribution in [2.75, 3.05) is 0 Å². The lowest BCUT2D eigenvalue weighted by molar-refractivity contribution is -0.136. The third-order valence-corrected chi connectivity index (χ3v) is 1.99. The topological polar surface area (TPSA) is 87.0 Å². The zero-order valence-electron chi connectivity index (χ0n) is 6.90. The van der Waals surface area contributed by atoms with E-state index in [4.69, 9.17) is 13.3 Å². The van der Waals surface area contributed by atoms with E-state index in [1.807, 2.05) is 0 Å². The minimum atomic E-state index is -1.07. The van der Waals surface area contributed by atoms with Crippen LogP contribution < -0.4 is 3.07 Å². The number of aliphatic carboxylic acids is 1. The minimum Gasteiger partial charge on any atom is -0.508 e. The zero-order chi connectivity index (χ0) is 10.7. The highest BCUT2D eigenvalue weighted by Crippen LogP contribution is 2.35. The number of hydrogen-bond acceptors (Lipinski definition) is 4. The first-order valence-electron chi connectivity index (χ1n) is 3.60. The summed E-state index contributed by atoms with van der Waals surface area (Å²) >= 11 is 1.53. The molecule has 6 heteroatoms. The molecule has 0 heterocycles. The first-order valence-corrected chi connectivity index (χ1v) is 4.48. The third kappa shape index (κ3) is 2.41. The number of rotatable bonds is 3. The molecular formula is C8H7IO5. The number of phenols is 2. The van der Waals surface area contributed by atoms with Crippen LogP contribution >= 0.6 is 23.0 Å². The van der Waals surface area contributed by atoms with Gasteiger partial charge in [0.25, 0.3) is 0 Å². The maximum atomic E-state index is 10.4. The molecular weight excluding hydrogens is 303 g/mol. The fourth-order valence-electron chi connectivity index (χ4n) is 1.04. The number of aromatic hydroxyl groups is 2. The summed E-state index contributed by atoms with van der Waals surface area (Å²) in [7, 11) is 0. The molecule has 0 aliphatic carbocycles. The molecule has 5 nitrogen and oxygen atoms in total. The highest BCUT2D eigenvalue weighted by atomic mass is 127. The minimum absolute atomic E-state index is 0.0609. The zero-order valence-corrected chi connectivity index (χ0v) is 9.06. The van der Waals surface area contributed by atoms with Crippen molar-refractivity contribution in [3.05, 3.63) is 17.7 Å². The first-order chi connectivity index (χ1) is 6.54. The number of phenolic OH excluding ortho intramolecular Hbond substituents is 2. The Labute approximate surface area is 93.6 Å². The van der Waals surface area contributed by atoms with E-state index in [0.717, 1.165) is 6.07 Å². The summed E-state index contributed by atoms with van der Waals surface area (Å²) in [6.07, 6.45) is -0.319. The maximum Gasteiger partial charge on any atom is 0.307 e. The van der Waals surface area contributed by atoms with Crippen molar-refractivity contribution in [2.45, 2.75) is 6.42 Å². The smallest absolute Gasteiger partial charge is 0.307 e. The molecule has 0 radical (unpaired) electrons. The van der Waals surface area contributed by atoms with Gasteiger partial charge >= 0.3 is 5.97 Å². The number of carboxylic acid groups (broad SMARTS) is 1. The molecule has 0 saturated carbocycles. The third-order valence-electron chi connectivity index (χ3n) is 1.55. The van der Waals surface area contributed by atoms with E-state index in [9.17, 15) is 9.90 Å². The molecule has 3 N–H and O–H groups in total. The quantitative estimate of drug-likeness (QED) is 0.736. The summed E-state index contributed by atoms with van der Waals surface area (Å²) in [5, 5.41) is 27.0. The molecule has 0 amide bonds. The van der Waals surface area contributed by atoms with E-state index in [2.05, 4.69) is 0 Å². The van der Waals surface area contributed by atoms with Crippen molar-refractivity contribution >= 4 is 29.0 Å². The molecule has 0 aromatic heterocycles. The lowest BCUT2D eigenvalue weighted by atomic mass is 10.1. The number of halogens is 1. The van der Waals surface area contributed by atoms with Crippen molar-refractivity contribution in [1.29, 1.82) is 0 Å². The molecule has 0 aliphatic heterocycles. The molecule has 0 fully saturated rings. The van der Waals surface area contributed by atoms with Gasteiger partial charge < -0.3 is 18.4 Å². The van der Waals surface area contributed by atoms with Gasteiger partial charge in [0.2, 0.25) is 0 Å². The summed E-state index contributed by atoms with van der Waals surface area (Å²) in [6.45, 7) is 0. The molecule has 1 aromatic carbocycles. The molecule has 1 rings (SSSR count). The van der Waals surface area contributed by atoms with Gasteiger partial charge in [-0.1, -0.05) is 0 Å². The average Bonchev–Trinajstić information content (AvgIpc) is 2.01. The fourth-order valence-corrected chi connectivity index (χ4v) is 1.55. The molecule has 0 atom stereocenters. The van der Waals surface area contributed by atoms with E-state index in [1.165, 1.54) is 29.1 Å². The van der Waals surface area contributed by atoms with Gasteiger partial charge in [-0.05, 0) is 6.07 Å². The summed E-state index contributed by atoms with van der Waals surface area (Å²) in [5.74, 6) is -1.48. The summed E-state index contributed by atoms with van der Waals surface area (Å²) in [4.78, 5) is 10.4. The van der Waals surface area contributed by atoms with Crippen molar-refractivity contribution in [3.8, 4) is 17.2 Å². The Balaban J connectivity index is 3.17. The van der Waals surface area contributed by atoms with Crippen LogP contribution in [0.5, 0.6) is 17.2 Å². The number of hydrogen-bond donors (Lipinski definition) is 3. The van der Waals surface area contributed by atoms with Crippen LogP contribution in [0, 0.1) is 0 Å². The normalized spacial score (nSPS) is 9.79. The lowest BCUT2D eigenvalue weighted by Crippen LogP contribution is -2.01. The Morgan fingerprint density at radius 2 is 2.07 bits per heavy atom. The van der Waals surface area contributed by atoms with Gasteiger partial charge in [-0.25, -0.2) is 0 Å². The predicted octanol–water partition coefficient (Wildman–Crippen LogP) is 1.45. The van der Waals surface area contributed by atoms with E-state index >= 15 is 0 Å². The van der Waals surface area contributed by atoms with Crippen LogP contribution in [-0.2, 0) is 11.2 Å². The van der Waals surface area contributed by atoms with Crippen molar-refractivity contribution in [3.63, 3.8) is 0 Å². The highest BCUT2D eigenvalue weighted by Gasteiger charge is 2.13. The summed E-state index contributed by atoms with van der Waals surface area (Å²) in [5.41, 5.74) is 0.226. The van der Waals surface area contributed by atoms with Gasteiger partial charge in [-0.15, -0.1) is 0 Å². The standard InChI is InChI=1S/C8H7IO5/c9-14-8-4(2-7(12)13)1-5(10)3-6(8)11/h1,3,10-11H,2H2,(H,12,13). The number of benzene rings is 1. The van der Waals surface area contributed by atoms with Crippen LogP contribution in [-0.4, -0.2) is 21.3 Å². The van der Waals surface area contributed by atoms with E-state index in [1.54, 1.807) is 0 Å². The molecule has 0 saturated heterocycles. The van der Waals surface area contributed by atoms with E-state index < -0.39 is 5.97 Å². The fraction of sp³-hybridized carbons (Fsp3) is 0.125. The Morgan fingerprint density at radius 3 is 2.57 bits per heavy atom. The predicted molar refractivity (Wildman–Crippen MR) is 55.8 cm³/mol. The molecule has 0 unspecified atom stereocenters. The van der Waals surface area contributed by atoms with Crippen LogP contribution in [0.2, 0.25) is 0 Å². The van der Waals surface area contributed by atoms with Crippen molar-refractivity contribution in [1.82, 2.24) is 0 Å². The lowest BCUT2D eigenvalue weighted by Gasteiger charge is -2.07. The Morgan fingerprint density at radius 1 is 1.43 bits per heavy atom. The van der Waals surface area contributed by atoms with Gasteiger partial charge in [0, 0.05) is 11.6 Å². The summed E-state index contributed by atoms with van der Waals surface area (Å²) in [6, 6.07) is 2.32. The SMILES string of the molecule is O=C(O)Cc1cc(O)cc(O)c1OI. The molecule has 0 spiro atoms.